The van der Waals surface area contributed by atoms with Gasteiger partial charge in [-0.2, -0.15) is 0 Å². The Morgan fingerprint density at radius 3 is 2.00 bits per heavy atom. The summed E-state index contributed by atoms with van der Waals surface area (Å²) >= 11 is 0. The molecule has 0 aromatic rings. The van der Waals surface area contributed by atoms with E-state index in [0.717, 1.165) is 11.8 Å². The van der Waals surface area contributed by atoms with E-state index in [4.69, 9.17) is 4.74 Å². The molecule has 1 fully saturated rings. The zero-order valence-corrected chi connectivity index (χ0v) is 20.9. The summed E-state index contributed by atoms with van der Waals surface area (Å²) in [5.41, 5.74) is 0. The molecule has 1 aliphatic rings. The Labute approximate surface area is 184 Å². The third kappa shape index (κ3) is 13.8. The SMILES string of the molecule is CCCCCCC(CCCC)CN1CCC(O[C@@H](C)CCC(C)CCCC)CC1. The Morgan fingerprint density at radius 2 is 1.34 bits per heavy atom. The lowest BCUT2D eigenvalue weighted by atomic mass is 9.93. The number of ether oxygens (including phenoxy) is 1. The van der Waals surface area contributed by atoms with Crippen LogP contribution in [0.4, 0.5) is 0 Å². The van der Waals surface area contributed by atoms with Gasteiger partial charge in [-0.05, 0) is 57.3 Å². The van der Waals surface area contributed by atoms with Crippen molar-refractivity contribution in [3.63, 3.8) is 0 Å². The van der Waals surface area contributed by atoms with E-state index in [0.29, 0.717) is 12.2 Å². The Kier molecular flexibility index (Phi) is 16.3. The van der Waals surface area contributed by atoms with Crippen molar-refractivity contribution in [1.82, 2.24) is 4.90 Å². The third-order valence-electron chi connectivity index (χ3n) is 7.02. The van der Waals surface area contributed by atoms with Crippen LogP contribution in [0.3, 0.4) is 0 Å². The van der Waals surface area contributed by atoms with E-state index >= 15 is 0 Å². The smallest absolute Gasteiger partial charge is 0.0603 e. The van der Waals surface area contributed by atoms with Crippen molar-refractivity contribution in [2.24, 2.45) is 11.8 Å². The second-order valence-electron chi connectivity index (χ2n) is 10.1. The van der Waals surface area contributed by atoms with Crippen molar-refractivity contribution in [1.29, 1.82) is 0 Å². The standard InChI is InChI=1S/C27H55NO/c1-6-9-12-13-16-26(15-11-8-3)23-28-21-19-27(20-22-28)29-25(5)18-17-24(4)14-10-7-2/h24-27H,6-23H2,1-5H3/t24?,25-,26?/m0/s1. The molecule has 0 N–H and O–H groups in total. The molecular weight excluding hydrogens is 354 g/mol. The zero-order chi connectivity index (χ0) is 21.3. The van der Waals surface area contributed by atoms with Gasteiger partial charge in [0.2, 0.25) is 0 Å². The Morgan fingerprint density at radius 1 is 0.724 bits per heavy atom. The molecule has 3 atom stereocenters. The van der Waals surface area contributed by atoms with E-state index in [1.54, 1.807) is 0 Å². The van der Waals surface area contributed by atoms with Gasteiger partial charge in [-0.1, -0.05) is 85.5 Å². The predicted octanol–water partition coefficient (Wildman–Crippen LogP) is 8.24. The molecule has 0 saturated carbocycles. The van der Waals surface area contributed by atoms with Crippen molar-refractivity contribution >= 4 is 0 Å². The first-order chi connectivity index (χ1) is 14.1. The molecule has 0 aliphatic carbocycles. The first-order valence-corrected chi connectivity index (χ1v) is 13.5. The molecule has 0 aromatic carbocycles. The maximum absolute atomic E-state index is 6.43. The van der Waals surface area contributed by atoms with E-state index < -0.39 is 0 Å². The van der Waals surface area contributed by atoms with E-state index in [1.807, 2.05) is 0 Å². The largest absolute Gasteiger partial charge is 0.375 e. The lowest BCUT2D eigenvalue weighted by molar-refractivity contribution is -0.0412. The molecule has 0 bridgehead atoms. The van der Waals surface area contributed by atoms with Crippen LogP contribution >= 0.6 is 0 Å². The van der Waals surface area contributed by atoms with Gasteiger partial charge >= 0.3 is 0 Å². The van der Waals surface area contributed by atoms with Crippen LogP contribution in [-0.4, -0.2) is 36.7 Å². The lowest BCUT2D eigenvalue weighted by Crippen LogP contribution is -2.40. The fourth-order valence-corrected chi connectivity index (χ4v) is 4.89. The van der Waals surface area contributed by atoms with Crippen molar-refractivity contribution in [2.45, 2.75) is 143 Å². The van der Waals surface area contributed by atoms with Gasteiger partial charge < -0.3 is 9.64 Å². The Hall–Kier alpha value is -0.0800. The van der Waals surface area contributed by atoms with Crippen molar-refractivity contribution in [2.75, 3.05) is 19.6 Å². The van der Waals surface area contributed by atoms with Crippen molar-refractivity contribution in [3.05, 3.63) is 0 Å². The van der Waals surface area contributed by atoms with Crippen LogP contribution in [-0.2, 0) is 4.74 Å². The average molecular weight is 410 g/mol. The highest BCUT2D eigenvalue weighted by molar-refractivity contribution is 4.76. The molecule has 0 aromatic heterocycles. The minimum atomic E-state index is 0.437. The fraction of sp³-hybridized carbons (Fsp3) is 1.00. The quantitative estimate of drug-likeness (QED) is 0.211. The average Bonchev–Trinajstić information content (AvgIpc) is 2.73. The van der Waals surface area contributed by atoms with E-state index in [9.17, 15) is 0 Å². The first-order valence-electron chi connectivity index (χ1n) is 13.5. The minimum Gasteiger partial charge on any atom is -0.375 e. The summed E-state index contributed by atoms with van der Waals surface area (Å²) < 4.78 is 6.43. The van der Waals surface area contributed by atoms with E-state index in [1.165, 1.54) is 116 Å². The molecule has 0 spiro atoms. The second kappa shape index (κ2) is 17.6. The van der Waals surface area contributed by atoms with Gasteiger partial charge in [0.05, 0.1) is 12.2 Å². The second-order valence-corrected chi connectivity index (χ2v) is 10.1. The first kappa shape index (κ1) is 27.0. The predicted molar refractivity (Wildman–Crippen MR) is 130 cm³/mol. The molecule has 1 heterocycles. The third-order valence-corrected chi connectivity index (χ3v) is 7.02. The summed E-state index contributed by atoms with van der Waals surface area (Å²) in [7, 11) is 0. The van der Waals surface area contributed by atoms with E-state index in [-0.39, 0.29) is 0 Å². The van der Waals surface area contributed by atoms with Gasteiger partial charge in [0.1, 0.15) is 0 Å². The van der Waals surface area contributed by atoms with Crippen LogP contribution in [0.1, 0.15) is 131 Å². The number of unbranched alkanes of at least 4 members (excludes halogenated alkanes) is 5. The topological polar surface area (TPSA) is 12.5 Å². The highest BCUT2D eigenvalue weighted by Crippen LogP contribution is 2.23. The summed E-state index contributed by atoms with van der Waals surface area (Å²) in [6.07, 6.45) is 21.4. The molecule has 0 amide bonds. The van der Waals surface area contributed by atoms with Crippen LogP contribution in [0, 0.1) is 11.8 Å². The monoisotopic (exact) mass is 409 g/mol. The highest BCUT2D eigenvalue weighted by Gasteiger charge is 2.23. The number of hydrogen-bond acceptors (Lipinski definition) is 2. The molecular formula is C27H55NO. The number of rotatable bonds is 18. The molecule has 0 radical (unpaired) electrons. The maximum atomic E-state index is 6.43. The van der Waals surface area contributed by atoms with Crippen LogP contribution < -0.4 is 0 Å². The summed E-state index contributed by atoms with van der Waals surface area (Å²) in [6.45, 7) is 15.5. The van der Waals surface area contributed by atoms with Crippen LogP contribution in [0.15, 0.2) is 0 Å². The van der Waals surface area contributed by atoms with Crippen molar-refractivity contribution < 1.29 is 4.74 Å². The van der Waals surface area contributed by atoms with Crippen molar-refractivity contribution in [3.8, 4) is 0 Å². The van der Waals surface area contributed by atoms with Gasteiger partial charge in [0.15, 0.2) is 0 Å². The summed E-state index contributed by atoms with van der Waals surface area (Å²) in [5, 5.41) is 0. The molecule has 29 heavy (non-hydrogen) atoms. The number of likely N-dealkylation sites (tertiary alicyclic amines) is 1. The molecule has 174 valence electrons. The zero-order valence-electron chi connectivity index (χ0n) is 20.9. The number of hydrogen-bond donors (Lipinski definition) is 0. The summed E-state index contributed by atoms with van der Waals surface area (Å²) in [6, 6.07) is 0. The fourth-order valence-electron chi connectivity index (χ4n) is 4.89. The minimum absolute atomic E-state index is 0.437. The van der Waals surface area contributed by atoms with Crippen LogP contribution in [0.2, 0.25) is 0 Å². The Bertz CT molecular complexity index is 350. The van der Waals surface area contributed by atoms with Crippen LogP contribution in [0.25, 0.3) is 0 Å². The Balaban J connectivity index is 2.23. The summed E-state index contributed by atoms with van der Waals surface area (Å²) in [5.74, 6) is 1.79. The van der Waals surface area contributed by atoms with Gasteiger partial charge in [0.25, 0.3) is 0 Å². The van der Waals surface area contributed by atoms with Gasteiger partial charge in [0, 0.05) is 19.6 Å². The molecule has 1 rings (SSSR count). The number of nitrogens with zero attached hydrogens (tertiary/aromatic N) is 1. The normalized spacial score (nSPS) is 19.3. The summed E-state index contributed by atoms with van der Waals surface area (Å²) in [4.78, 5) is 2.75. The number of piperidine rings is 1. The molecule has 2 unspecified atom stereocenters. The van der Waals surface area contributed by atoms with E-state index in [2.05, 4.69) is 39.5 Å². The maximum Gasteiger partial charge on any atom is 0.0603 e. The van der Waals surface area contributed by atoms with Gasteiger partial charge in [-0.15, -0.1) is 0 Å². The highest BCUT2D eigenvalue weighted by atomic mass is 16.5. The van der Waals surface area contributed by atoms with Crippen LogP contribution in [0.5, 0.6) is 0 Å². The molecule has 1 aliphatic heterocycles. The van der Waals surface area contributed by atoms with Gasteiger partial charge in [-0.3, -0.25) is 0 Å². The van der Waals surface area contributed by atoms with Gasteiger partial charge in [-0.25, -0.2) is 0 Å². The molecule has 2 nitrogen and oxygen atoms in total. The molecule has 2 heteroatoms. The lowest BCUT2D eigenvalue weighted by Gasteiger charge is -2.35. The molecule has 1 saturated heterocycles.